The first-order chi connectivity index (χ1) is 19.4. The minimum Gasteiger partial charge on any atom is -0.356 e. The SMILES string of the molecule is CCC(C)C(NC(=O)C1Cc2c([nH]c3ccccc23)C2c3ccccc3C(=O)N12)C(=O)NCc1ccccc1Cl. The van der Waals surface area contributed by atoms with Crippen molar-refractivity contribution < 1.29 is 14.4 Å². The smallest absolute Gasteiger partial charge is 0.255 e. The molecular formula is C32H31ClN4O3. The molecule has 4 aromatic rings. The molecule has 0 saturated carbocycles. The molecule has 204 valence electrons. The molecule has 40 heavy (non-hydrogen) atoms. The average Bonchev–Trinajstić information content (AvgIpc) is 3.50. The summed E-state index contributed by atoms with van der Waals surface area (Å²) in [5.41, 5.74) is 5.24. The third-order valence-electron chi connectivity index (χ3n) is 8.36. The van der Waals surface area contributed by atoms with Gasteiger partial charge in [-0.25, -0.2) is 0 Å². The molecule has 0 aliphatic carbocycles. The fourth-order valence-electron chi connectivity index (χ4n) is 6.02. The van der Waals surface area contributed by atoms with E-state index in [1.165, 1.54) is 0 Å². The van der Waals surface area contributed by atoms with Gasteiger partial charge in [0.1, 0.15) is 12.1 Å². The molecule has 1 aromatic heterocycles. The second kappa shape index (κ2) is 10.5. The van der Waals surface area contributed by atoms with Gasteiger partial charge in [0.2, 0.25) is 11.8 Å². The summed E-state index contributed by atoms with van der Waals surface area (Å²) in [6.07, 6.45) is 1.05. The summed E-state index contributed by atoms with van der Waals surface area (Å²) in [4.78, 5) is 46.4. The van der Waals surface area contributed by atoms with E-state index in [2.05, 4.69) is 15.6 Å². The number of carbonyl (C=O) groups excluding carboxylic acids is 3. The van der Waals surface area contributed by atoms with E-state index in [9.17, 15) is 14.4 Å². The van der Waals surface area contributed by atoms with Crippen molar-refractivity contribution in [1.29, 1.82) is 0 Å². The van der Waals surface area contributed by atoms with Crippen LogP contribution in [0.3, 0.4) is 0 Å². The summed E-state index contributed by atoms with van der Waals surface area (Å²) in [5.74, 6) is -0.905. The van der Waals surface area contributed by atoms with Crippen molar-refractivity contribution in [3.63, 3.8) is 0 Å². The minimum atomic E-state index is -0.764. The van der Waals surface area contributed by atoms with Gasteiger partial charge in [0, 0.05) is 40.1 Å². The van der Waals surface area contributed by atoms with Crippen molar-refractivity contribution >= 4 is 40.2 Å². The Morgan fingerprint density at radius 2 is 1.77 bits per heavy atom. The van der Waals surface area contributed by atoms with E-state index in [4.69, 9.17) is 11.6 Å². The molecule has 3 amide bonds. The lowest BCUT2D eigenvalue weighted by Crippen LogP contribution is -2.58. The molecule has 3 aromatic carbocycles. The number of hydrogen-bond acceptors (Lipinski definition) is 3. The summed E-state index contributed by atoms with van der Waals surface area (Å²) in [6.45, 7) is 4.18. The van der Waals surface area contributed by atoms with E-state index >= 15 is 0 Å². The van der Waals surface area contributed by atoms with Gasteiger partial charge in [0.15, 0.2) is 0 Å². The summed E-state index contributed by atoms with van der Waals surface area (Å²) < 4.78 is 0. The van der Waals surface area contributed by atoms with E-state index in [1.807, 2.05) is 80.6 Å². The topological polar surface area (TPSA) is 94.3 Å². The van der Waals surface area contributed by atoms with Crippen LogP contribution in [0.1, 0.15) is 59.1 Å². The number of nitrogens with one attached hydrogen (secondary N) is 3. The predicted octanol–water partition coefficient (Wildman–Crippen LogP) is 5.14. The van der Waals surface area contributed by atoms with Crippen molar-refractivity contribution in [2.24, 2.45) is 5.92 Å². The Bertz CT molecular complexity index is 1630. The van der Waals surface area contributed by atoms with E-state index in [0.29, 0.717) is 23.4 Å². The minimum absolute atomic E-state index is 0.121. The number of aromatic nitrogens is 1. The third-order valence-corrected chi connectivity index (χ3v) is 8.73. The molecule has 0 radical (unpaired) electrons. The van der Waals surface area contributed by atoms with Crippen LogP contribution >= 0.6 is 11.6 Å². The molecule has 8 heteroatoms. The Balaban J connectivity index is 1.32. The molecule has 0 fully saturated rings. The van der Waals surface area contributed by atoms with Gasteiger partial charge < -0.3 is 20.5 Å². The maximum Gasteiger partial charge on any atom is 0.255 e. The van der Waals surface area contributed by atoms with Gasteiger partial charge in [0.25, 0.3) is 5.91 Å². The molecule has 0 saturated heterocycles. The number of amides is 3. The summed E-state index contributed by atoms with van der Waals surface area (Å²) in [5, 5.41) is 7.59. The number of nitrogens with zero attached hydrogens (tertiary/aromatic N) is 1. The molecule has 2 aliphatic rings. The Morgan fingerprint density at radius 1 is 1.05 bits per heavy atom. The first-order valence-electron chi connectivity index (χ1n) is 13.7. The lowest BCUT2D eigenvalue weighted by atomic mass is 9.89. The number of H-pyrrole nitrogens is 1. The molecule has 6 rings (SSSR count). The second-order valence-electron chi connectivity index (χ2n) is 10.7. The number of halogens is 1. The van der Waals surface area contributed by atoms with Crippen molar-refractivity contribution in [2.45, 2.75) is 51.4 Å². The van der Waals surface area contributed by atoms with E-state index in [0.717, 1.165) is 33.3 Å². The van der Waals surface area contributed by atoms with Gasteiger partial charge >= 0.3 is 0 Å². The van der Waals surface area contributed by atoms with Crippen LogP contribution in [-0.2, 0) is 22.6 Å². The van der Waals surface area contributed by atoms with E-state index in [1.54, 1.807) is 11.0 Å². The highest BCUT2D eigenvalue weighted by Gasteiger charge is 2.49. The summed E-state index contributed by atoms with van der Waals surface area (Å²) >= 11 is 6.28. The molecule has 4 unspecified atom stereocenters. The zero-order valence-electron chi connectivity index (χ0n) is 22.4. The van der Waals surface area contributed by atoms with Crippen molar-refractivity contribution in [3.05, 3.63) is 106 Å². The van der Waals surface area contributed by atoms with Crippen LogP contribution in [0.25, 0.3) is 10.9 Å². The molecule has 7 nitrogen and oxygen atoms in total. The molecule has 3 heterocycles. The highest BCUT2D eigenvalue weighted by molar-refractivity contribution is 6.31. The number of fused-ring (bicyclic) bond motifs is 7. The molecule has 4 atom stereocenters. The van der Waals surface area contributed by atoms with Crippen molar-refractivity contribution in [2.75, 3.05) is 0 Å². The van der Waals surface area contributed by atoms with Gasteiger partial charge in [-0.3, -0.25) is 14.4 Å². The fourth-order valence-corrected chi connectivity index (χ4v) is 6.23. The van der Waals surface area contributed by atoms with Crippen LogP contribution in [-0.4, -0.2) is 39.7 Å². The van der Waals surface area contributed by atoms with Crippen LogP contribution in [0.4, 0.5) is 0 Å². The molecule has 0 bridgehead atoms. The van der Waals surface area contributed by atoms with Gasteiger partial charge in [-0.1, -0.05) is 86.5 Å². The number of aromatic amines is 1. The van der Waals surface area contributed by atoms with Crippen LogP contribution < -0.4 is 10.6 Å². The number of benzene rings is 3. The predicted molar refractivity (Wildman–Crippen MR) is 155 cm³/mol. The number of rotatable bonds is 7. The third kappa shape index (κ3) is 4.34. The van der Waals surface area contributed by atoms with Gasteiger partial charge in [0.05, 0.1) is 6.04 Å². The lowest BCUT2D eigenvalue weighted by molar-refractivity contribution is -0.133. The maximum atomic E-state index is 14.1. The zero-order chi connectivity index (χ0) is 28.0. The Kier molecular flexibility index (Phi) is 6.84. The first kappa shape index (κ1) is 26.1. The van der Waals surface area contributed by atoms with Gasteiger partial charge in [-0.05, 0) is 40.8 Å². The Morgan fingerprint density at radius 3 is 2.58 bits per heavy atom. The van der Waals surface area contributed by atoms with Crippen LogP contribution in [0.15, 0.2) is 72.8 Å². The molecule has 3 N–H and O–H groups in total. The van der Waals surface area contributed by atoms with Gasteiger partial charge in [-0.15, -0.1) is 0 Å². The maximum absolute atomic E-state index is 14.1. The molecular weight excluding hydrogens is 524 g/mol. The normalized spacial score (nSPS) is 19.0. The largest absolute Gasteiger partial charge is 0.356 e. The summed E-state index contributed by atoms with van der Waals surface area (Å²) in [6, 6.07) is 21.0. The van der Waals surface area contributed by atoms with E-state index in [-0.39, 0.29) is 30.2 Å². The Labute approximate surface area is 237 Å². The molecule has 2 aliphatic heterocycles. The zero-order valence-corrected chi connectivity index (χ0v) is 23.2. The van der Waals surface area contributed by atoms with Crippen LogP contribution in [0.5, 0.6) is 0 Å². The number of carbonyl (C=O) groups is 3. The standard InChI is InChI=1S/C32H31ClN4O3/c1-3-18(2)27(31(39)34-17-19-10-4-8-14-24(19)33)36-30(38)26-16-23-20-11-7-9-15-25(20)35-28(23)29-21-12-5-6-13-22(21)32(40)37(26)29/h4-15,18,26-27,29,35H,3,16-17H2,1-2H3,(H,34,39)(H,36,38). The first-order valence-corrected chi connectivity index (χ1v) is 14.1. The number of para-hydroxylation sites is 1. The highest BCUT2D eigenvalue weighted by Crippen LogP contribution is 2.46. The fraction of sp³-hybridized carbons (Fsp3) is 0.281. The van der Waals surface area contributed by atoms with E-state index < -0.39 is 18.1 Å². The Hall–Kier alpha value is -4.10. The average molecular weight is 555 g/mol. The quantitative estimate of drug-likeness (QED) is 0.295. The second-order valence-corrected chi connectivity index (χ2v) is 11.1. The van der Waals surface area contributed by atoms with Crippen molar-refractivity contribution in [3.8, 4) is 0 Å². The number of hydrogen-bond donors (Lipinski definition) is 3. The van der Waals surface area contributed by atoms with Crippen molar-refractivity contribution in [1.82, 2.24) is 20.5 Å². The van der Waals surface area contributed by atoms with Gasteiger partial charge in [-0.2, -0.15) is 0 Å². The molecule has 0 spiro atoms. The van der Waals surface area contributed by atoms with Crippen LogP contribution in [0.2, 0.25) is 5.02 Å². The summed E-state index contributed by atoms with van der Waals surface area (Å²) in [7, 11) is 0. The van der Waals surface area contributed by atoms with Crippen LogP contribution in [0, 0.1) is 5.92 Å². The highest BCUT2D eigenvalue weighted by atomic mass is 35.5. The lowest BCUT2D eigenvalue weighted by Gasteiger charge is -2.38. The monoisotopic (exact) mass is 554 g/mol.